The molecule has 7 nitrogen and oxygen atoms in total. The number of aryl methyl sites for hydroxylation is 1. The third-order valence-corrected chi connectivity index (χ3v) is 9.64. The fraction of sp³-hybridized carbons (Fsp3) is 0.647. The van der Waals surface area contributed by atoms with Crippen LogP contribution in [0.2, 0.25) is 0 Å². The van der Waals surface area contributed by atoms with Gasteiger partial charge < -0.3 is 21.3 Å². The van der Waals surface area contributed by atoms with E-state index in [2.05, 4.69) is 44.7 Å². The van der Waals surface area contributed by atoms with Crippen molar-refractivity contribution in [2.24, 2.45) is 11.7 Å². The molecule has 0 bridgehead atoms. The fourth-order valence-electron chi connectivity index (χ4n) is 7.19. The largest absolute Gasteiger partial charge is 0.349 e. The standard InChI is InChI=1S/C34H50F2N6O/c35-34(36)16-13-28(14-17-34)33(43)40-30(26-8-2-1-3-9-26)15-22-41-23-20-38-29(24-41)25-42(21-5-4-18-37)31-12-6-10-27-11-7-19-39-32(27)31/h1-3,7-9,11,19,28-31,38H,4-6,10,12-18,20-25,37H2,(H,40,43)/t29-,30+,31-/m0/s1. The van der Waals surface area contributed by atoms with E-state index in [0.29, 0.717) is 12.1 Å². The lowest BCUT2D eigenvalue weighted by Gasteiger charge is -2.41. The first-order chi connectivity index (χ1) is 20.9. The van der Waals surface area contributed by atoms with Crippen molar-refractivity contribution in [2.45, 2.75) is 88.3 Å². The number of halogens is 2. The minimum Gasteiger partial charge on any atom is -0.349 e. The van der Waals surface area contributed by atoms with Crippen LogP contribution in [0.4, 0.5) is 8.78 Å². The van der Waals surface area contributed by atoms with E-state index in [4.69, 9.17) is 10.7 Å². The highest BCUT2D eigenvalue weighted by Crippen LogP contribution is 2.37. The maximum atomic E-state index is 13.7. The van der Waals surface area contributed by atoms with Crippen molar-refractivity contribution >= 4 is 5.91 Å². The van der Waals surface area contributed by atoms with Crippen molar-refractivity contribution in [1.82, 2.24) is 25.4 Å². The quantitative estimate of drug-likeness (QED) is 0.287. The Kier molecular flexibility index (Phi) is 11.5. The van der Waals surface area contributed by atoms with Crippen molar-refractivity contribution in [3.05, 3.63) is 65.5 Å². The summed E-state index contributed by atoms with van der Waals surface area (Å²) in [5, 5.41) is 7.02. The summed E-state index contributed by atoms with van der Waals surface area (Å²) in [5.41, 5.74) is 9.55. The van der Waals surface area contributed by atoms with Crippen LogP contribution in [0.15, 0.2) is 48.7 Å². The lowest BCUT2D eigenvalue weighted by Crippen LogP contribution is -2.55. The maximum absolute atomic E-state index is 13.7. The number of hydrogen-bond acceptors (Lipinski definition) is 6. The second kappa shape index (κ2) is 15.5. The Bertz CT molecular complexity index is 1140. The monoisotopic (exact) mass is 596 g/mol. The summed E-state index contributed by atoms with van der Waals surface area (Å²) in [6.07, 6.45) is 8.37. The Balaban J connectivity index is 1.20. The molecule has 1 amide bonds. The van der Waals surface area contributed by atoms with Crippen molar-refractivity contribution in [3.63, 3.8) is 0 Å². The Morgan fingerprint density at radius 2 is 1.95 bits per heavy atom. The number of piperazine rings is 1. The van der Waals surface area contributed by atoms with E-state index in [9.17, 15) is 13.6 Å². The number of unbranched alkanes of at least 4 members (excludes halogenated alkanes) is 1. The topological polar surface area (TPSA) is 86.5 Å². The van der Waals surface area contributed by atoms with Crippen LogP contribution in [0.3, 0.4) is 0 Å². The van der Waals surface area contributed by atoms with Crippen molar-refractivity contribution < 1.29 is 13.6 Å². The molecule has 4 N–H and O–H groups in total. The number of aromatic nitrogens is 1. The summed E-state index contributed by atoms with van der Waals surface area (Å²) in [4.78, 5) is 23.1. The number of benzene rings is 1. The number of nitrogens with two attached hydrogens (primary N) is 1. The number of alkyl halides is 2. The molecule has 43 heavy (non-hydrogen) atoms. The van der Waals surface area contributed by atoms with E-state index in [-0.39, 0.29) is 43.6 Å². The molecule has 236 valence electrons. The lowest BCUT2D eigenvalue weighted by atomic mass is 9.86. The predicted octanol–water partition coefficient (Wildman–Crippen LogP) is 4.85. The molecule has 2 heterocycles. The predicted molar refractivity (Wildman–Crippen MR) is 167 cm³/mol. The smallest absolute Gasteiger partial charge is 0.248 e. The average Bonchev–Trinajstić information content (AvgIpc) is 3.03. The molecule has 0 radical (unpaired) electrons. The Labute approximate surface area is 256 Å². The Hall–Kier alpha value is -2.46. The van der Waals surface area contributed by atoms with Gasteiger partial charge in [-0.3, -0.25) is 14.7 Å². The molecule has 1 saturated carbocycles. The number of nitrogens with one attached hydrogen (secondary N) is 2. The van der Waals surface area contributed by atoms with Gasteiger partial charge in [-0.2, -0.15) is 0 Å². The zero-order chi connectivity index (χ0) is 30.1. The molecular formula is C34H50F2N6O. The van der Waals surface area contributed by atoms with Crippen LogP contribution in [0, 0.1) is 5.92 Å². The average molecular weight is 597 g/mol. The normalized spacial score (nSPS) is 23.5. The Morgan fingerprint density at radius 1 is 1.14 bits per heavy atom. The fourth-order valence-corrected chi connectivity index (χ4v) is 7.19. The van der Waals surface area contributed by atoms with Gasteiger partial charge in [0.2, 0.25) is 11.8 Å². The lowest BCUT2D eigenvalue weighted by molar-refractivity contribution is -0.130. The minimum absolute atomic E-state index is 0.0861. The van der Waals surface area contributed by atoms with Gasteiger partial charge in [-0.1, -0.05) is 36.4 Å². The number of nitrogens with zero attached hydrogens (tertiary/aromatic N) is 3. The van der Waals surface area contributed by atoms with E-state index in [1.807, 2.05) is 24.4 Å². The molecule has 1 aromatic carbocycles. The van der Waals surface area contributed by atoms with Crippen molar-refractivity contribution in [1.29, 1.82) is 0 Å². The zero-order valence-electron chi connectivity index (χ0n) is 25.5. The summed E-state index contributed by atoms with van der Waals surface area (Å²) < 4.78 is 27.4. The maximum Gasteiger partial charge on any atom is 0.248 e. The number of carbonyl (C=O) groups is 1. The van der Waals surface area contributed by atoms with E-state index in [1.165, 1.54) is 17.7 Å². The molecule has 2 aromatic rings. The number of pyridine rings is 1. The van der Waals surface area contributed by atoms with Crippen LogP contribution in [0.1, 0.15) is 86.7 Å². The molecule has 1 saturated heterocycles. The molecule has 3 aliphatic rings. The SMILES string of the molecule is NCCCCN(C[C@@H]1CN(CC[C@@H](NC(=O)C2CCC(F)(F)CC2)c2ccccc2)CCN1)[C@H]1CCCc2cccnc21. The molecule has 2 aliphatic carbocycles. The van der Waals surface area contributed by atoms with Gasteiger partial charge in [0.15, 0.2) is 0 Å². The van der Waals surface area contributed by atoms with Crippen LogP contribution >= 0.6 is 0 Å². The summed E-state index contributed by atoms with van der Waals surface area (Å²) in [7, 11) is 0. The summed E-state index contributed by atoms with van der Waals surface area (Å²) >= 11 is 0. The van der Waals surface area contributed by atoms with Crippen LogP contribution in [-0.2, 0) is 11.2 Å². The van der Waals surface area contributed by atoms with E-state index >= 15 is 0 Å². The highest BCUT2D eigenvalue weighted by Gasteiger charge is 2.38. The van der Waals surface area contributed by atoms with Gasteiger partial charge in [0.1, 0.15) is 0 Å². The molecule has 0 spiro atoms. The van der Waals surface area contributed by atoms with Gasteiger partial charge in [-0.25, -0.2) is 8.78 Å². The summed E-state index contributed by atoms with van der Waals surface area (Å²) in [6.45, 7) is 6.40. The van der Waals surface area contributed by atoms with Gasteiger partial charge in [-0.15, -0.1) is 0 Å². The first-order valence-electron chi connectivity index (χ1n) is 16.5. The molecule has 2 fully saturated rings. The first-order valence-corrected chi connectivity index (χ1v) is 16.5. The molecule has 3 atom stereocenters. The van der Waals surface area contributed by atoms with Crippen LogP contribution in [0.5, 0.6) is 0 Å². The number of fused-ring (bicyclic) bond motifs is 1. The highest BCUT2D eigenvalue weighted by molar-refractivity contribution is 5.79. The second-order valence-electron chi connectivity index (χ2n) is 12.8. The van der Waals surface area contributed by atoms with Crippen LogP contribution in [-0.4, -0.2) is 78.5 Å². The summed E-state index contributed by atoms with van der Waals surface area (Å²) in [6, 6.07) is 14.9. The molecule has 1 aliphatic heterocycles. The third kappa shape index (κ3) is 9.03. The molecule has 9 heteroatoms. The number of amides is 1. The van der Waals surface area contributed by atoms with Crippen molar-refractivity contribution in [3.8, 4) is 0 Å². The molecule has 5 rings (SSSR count). The number of carbonyl (C=O) groups excluding carboxylic acids is 1. The van der Waals surface area contributed by atoms with Gasteiger partial charge in [-0.05, 0) is 81.6 Å². The number of rotatable bonds is 13. The van der Waals surface area contributed by atoms with Gasteiger partial charge in [0, 0.05) is 63.7 Å². The molecule has 0 unspecified atom stereocenters. The van der Waals surface area contributed by atoms with Crippen molar-refractivity contribution in [2.75, 3.05) is 45.8 Å². The second-order valence-corrected chi connectivity index (χ2v) is 12.8. The van der Waals surface area contributed by atoms with E-state index in [0.717, 1.165) is 83.5 Å². The van der Waals surface area contributed by atoms with Crippen LogP contribution in [0.25, 0.3) is 0 Å². The third-order valence-electron chi connectivity index (χ3n) is 9.64. The van der Waals surface area contributed by atoms with Gasteiger partial charge in [0.25, 0.3) is 0 Å². The Morgan fingerprint density at radius 3 is 2.74 bits per heavy atom. The first kappa shape index (κ1) is 31.9. The molecule has 1 aromatic heterocycles. The van der Waals surface area contributed by atoms with Gasteiger partial charge in [0.05, 0.1) is 17.8 Å². The van der Waals surface area contributed by atoms with Gasteiger partial charge >= 0.3 is 0 Å². The highest BCUT2D eigenvalue weighted by atomic mass is 19.3. The summed E-state index contributed by atoms with van der Waals surface area (Å²) in [5.74, 6) is -3.05. The van der Waals surface area contributed by atoms with E-state index in [1.54, 1.807) is 0 Å². The number of hydrogen-bond donors (Lipinski definition) is 3. The van der Waals surface area contributed by atoms with Crippen LogP contribution < -0.4 is 16.4 Å². The molecular weight excluding hydrogens is 546 g/mol. The minimum atomic E-state index is -2.63. The zero-order valence-corrected chi connectivity index (χ0v) is 25.5. The van der Waals surface area contributed by atoms with E-state index < -0.39 is 5.92 Å².